The number of likely N-dealkylation sites (N-methyl/N-ethyl adjacent to an activating group) is 1. The van der Waals surface area contributed by atoms with E-state index in [-0.39, 0.29) is 11.5 Å². The van der Waals surface area contributed by atoms with Gasteiger partial charge >= 0.3 is 0 Å². The quantitative estimate of drug-likeness (QED) is 0.711. The van der Waals surface area contributed by atoms with E-state index in [1.807, 2.05) is 0 Å². The molecule has 4 aliphatic rings. The molecule has 1 saturated heterocycles. The van der Waals surface area contributed by atoms with Crippen molar-refractivity contribution in [2.24, 2.45) is 5.92 Å². The van der Waals surface area contributed by atoms with Crippen molar-refractivity contribution in [2.75, 3.05) is 13.6 Å². The number of hydrogen-bond acceptors (Lipinski definition) is 3. The van der Waals surface area contributed by atoms with Gasteiger partial charge in [-0.05, 0) is 62.9 Å². The molecular weight excluding hydrogens is 342 g/mol. The predicted octanol–water partition coefficient (Wildman–Crippen LogP) is 3.00. The van der Waals surface area contributed by atoms with E-state index < -0.39 is 0 Å². The third kappa shape index (κ3) is 1.35. The van der Waals surface area contributed by atoms with Crippen LogP contribution in [-0.2, 0) is 16.6 Å². The van der Waals surface area contributed by atoms with Crippen LogP contribution in [0.5, 0.6) is 5.75 Å². The van der Waals surface area contributed by atoms with Crippen molar-refractivity contribution in [3.63, 3.8) is 0 Å². The summed E-state index contributed by atoms with van der Waals surface area (Å²) in [6.45, 7) is 3.17. The van der Waals surface area contributed by atoms with Gasteiger partial charge in [-0.2, -0.15) is 0 Å². The van der Waals surface area contributed by atoms with Gasteiger partial charge in [0.05, 0.1) is 0 Å². The molecule has 1 saturated carbocycles. The second kappa shape index (κ2) is 4.15. The van der Waals surface area contributed by atoms with Crippen molar-refractivity contribution < 1.29 is 9.53 Å². The first-order chi connectivity index (χ1) is 10.5. The van der Waals surface area contributed by atoms with Crippen molar-refractivity contribution in [3.8, 4) is 5.75 Å². The number of halogens is 1. The van der Waals surface area contributed by atoms with Crippen molar-refractivity contribution in [2.45, 2.75) is 50.2 Å². The Hall–Kier alpha value is -0.870. The first-order valence-electron chi connectivity index (χ1n) is 8.26. The lowest BCUT2D eigenvalue weighted by Gasteiger charge is -2.57. The van der Waals surface area contributed by atoms with E-state index in [0.29, 0.717) is 24.2 Å². The number of ketones is 1. The molecule has 4 heteroatoms. The number of hydrogen-bond donors (Lipinski definition) is 0. The topological polar surface area (TPSA) is 29.5 Å². The van der Waals surface area contributed by atoms with Gasteiger partial charge in [0.2, 0.25) is 0 Å². The lowest BCUT2D eigenvalue weighted by atomic mass is 9.51. The highest BCUT2D eigenvalue weighted by Gasteiger charge is 2.65. The Morgan fingerprint density at radius 2 is 2.27 bits per heavy atom. The Balaban J connectivity index is 1.86. The van der Waals surface area contributed by atoms with E-state index >= 15 is 0 Å². The summed E-state index contributed by atoms with van der Waals surface area (Å²) in [6.07, 6.45) is 3.61. The fourth-order valence-corrected chi connectivity index (χ4v) is 6.44. The normalized spacial score (nSPS) is 38.7. The number of rotatable bonds is 0. The van der Waals surface area contributed by atoms with Crippen LogP contribution in [0, 0.1) is 12.8 Å². The molecule has 2 aliphatic carbocycles. The molecule has 2 fully saturated rings. The van der Waals surface area contributed by atoms with Crippen molar-refractivity contribution in [1.82, 2.24) is 4.90 Å². The molecule has 0 N–H and O–H groups in total. The second-order valence-electron chi connectivity index (χ2n) is 7.51. The van der Waals surface area contributed by atoms with Gasteiger partial charge in [0.25, 0.3) is 0 Å². The molecule has 3 nitrogen and oxygen atoms in total. The van der Waals surface area contributed by atoms with Crippen molar-refractivity contribution in [1.29, 1.82) is 0 Å². The van der Waals surface area contributed by atoms with Gasteiger partial charge in [-0.3, -0.25) is 4.79 Å². The molecule has 116 valence electrons. The molecule has 2 heterocycles. The number of ether oxygens (including phenoxy) is 1. The smallest absolute Gasteiger partial charge is 0.174 e. The van der Waals surface area contributed by atoms with Gasteiger partial charge in [0, 0.05) is 27.9 Å². The van der Waals surface area contributed by atoms with Crippen LogP contribution in [0.2, 0.25) is 0 Å². The molecular formula is C18H20BrNO2. The SMILES string of the molecule is Cc1cc(Br)c2c3c1OC1C(=O)CC[C@@H]4[C@H](C2)N(C)CC[C@@]314. The van der Waals surface area contributed by atoms with Gasteiger partial charge in [-0.15, -0.1) is 0 Å². The highest BCUT2D eigenvalue weighted by Crippen LogP contribution is 2.62. The molecule has 1 aromatic rings. The Labute approximate surface area is 139 Å². The van der Waals surface area contributed by atoms with Crippen molar-refractivity contribution >= 4 is 21.7 Å². The second-order valence-corrected chi connectivity index (χ2v) is 8.36. The molecule has 0 amide bonds. The van der Waals surface area contributed by atoms with Crippen molar-refractivity contribution in [3.05, 3.63) is 27.2 Å². The third-order valence-electron chi connectivity index (χ3n) is 6.67. The molecule has 4 atom stereocenters. The summed E-state index contributed by atoms with van der Waals surface area (Å²) in [5, 5.41) is 0. The number of carbonyl (C=O) groups excluding carboxylic acids is 1. The Kier molecular flexibility index (Phi) is 2.56. The zero-order valence-electron chi connectivity index (χ0n) is 13.0. The van der Waals surface area contributed by atoms with Gasteiger partial charge < -0.3 is 9.64 Å². The Morgan fingerprint density at radius 3 is 3.09 bits per heavy atom. The molecule has 22 heavy (non-hydrogen) atoms. The lowest BCUT2D eigenvalue weighted by Crippen LogP contribution is -2.65. The fraction of sp³-hybridized carbons (Fsp3) is 0.611. The summed E-state index contributed by atoms with van der Waals surface area (Å²) >= 11 is 3.78. The first kappa shape index (κ1) is 13.6. The number of likely N-dealkylation sites (tertiary alicyclic amines) is 1. The van der Waals surface area contributed by atoms with Crippen LogP contribution >= 0.6 is 15.9 Å². The third-order valence-corrected chi connectivity index (χ3v) is 7.37. The van der Waals surface area contributed by atoms with E-state index in [0.717, 1.165) is 31.6 Å². The molecule has 1 spiro atoms. The largest absolute Gasteiger partial charge is 0.481 e. The number of carbonyl (C=O) groups is 1. The van der Waals surface area contributed by atoms with Crippen LogP contribution in [0.25, 0.3) is 0 Å². The standard InChI is InChI=1S/C18H20BrNO2/c1-9-7-12(19)10-8-13-11-3-4-14(21)17-18(11,5-6-20(13)2)15(10)16(9)22-17/h7,11,13,17H,3-6,8H2,1-2H3/t11-,13+,17?,18-/m1/s1. The Morgan fingerprint density at radius 1 is 1.45 bits per heavy atom. The van der Waals surface area contributed by atoms with Crippen LogP contribution in [0.15, 0.2) is 10.5 Å². The Bertz CT molecular complexity index is 716. The molecule has 2 bridgehead atoms. The number of Topliss-reactive ketones (excluding diaryl/α,β-unsaturated/α-hetero) is 1. The van der Waals surface area contributed by atoms with E-state index in [9.17, 15) is 4.79 Å². The highest BCUT2D eigenvalue weighted by molar-refractivity contribution is 9.10. The van der Waals surface area contributed by atoms with Crippen LogP contribution in [-0.4, -0.2) is 36.4 Å². The summed E-state index contributed by atoms with van der Waals surface area (Å²) in [7, 11) is 2.24. The number of aryl methyl sites for hydroxylation is 1. The maximum Gasteiger partial charge on any atom is 0.174 e. The minimum absolute atomic E-state index is 0.0516. The van der Waals surface area contributed by atoms with Gasteiger partial charge in [-0.25, -0.2) is 0 Å². The average molecular weight is 362 g/mol. The first-order valence-corrected chi connectivity index (χ1v) is 9.05. The monoisotopic (exact) mass is 361 g/mol. The van der Waals surface area contributed by atoms with E-state index in [4.69, 9.17) is 4.74 Å². The highest BCUT2D eigenvalue weighted by atomic mass is 79.9. The summed E-state index contributed by atoms with van der Waals surface area (Å²) in [5.41, 5.74) is 3.89. The van der Waals surface area contributed by atoms with E-state index in [1.165, 1.54) is 21.2 Å². The summed E-state index contributed by atoms with van der Waals surface area (Å²) in [4.78, 5) is 15.2. The molecule has 1 aromatic carbocycles. The fourth-order valence-electron chi connectivity index (χ4n) is 5.73. The average Bonchev–Trinajstić information content (AvgIpc) is 2.83. The van der Waals surface area contributed by atoms with Crippen LogP contribution in [0.1, 0.15) is 36.0 Å². The number of nitrogens with zero attached hydrogens (tertiary/aromatic N) is 1. The van der Waals surface area contributed by atoms with Crippen LogP contribution in [0.4, 0.5) is 0 Å². The van der Waals surface area contributed by atoms with Gasteiger partial charge in [0.1, 0.15) is 5.75 Å². The maximum absolute atomic E-state index is 12.6. The summed E-state index contributed by atoms with van der Waals surface area (Å²) < 4.78 is 7.52. The molecule has 0 aromatic heterocycles. The number of benzene rings is 1. The predicted molar refractivity (Wildman–Crippen MR) is 87.4 cm³/mol. The zero-order valence-corrected chi connectivity index (χ0v) is 14.6. The van der Waals surface area contributed by atoms with Crippen LogP contribution in [0.3, 0.4) is 0 Å². The minimum Gasteiger partial charge on any atom is -0.481 e. The van der Waals surface area contributed by atoms with Gasteiger partial charge in [-0.1, -0.05) is 15.9 Å². The molecule has 2 aliphatic heterocycles. The minimum atomic E-state index is -0.232. The maximum atomic E-state index is 12.6. The van der Waals surface area contributed by atoms with E-state index in [2.05, 4.69) is 40.9 Å². The summed E-state index contributed by atoms with van der Waals surface area (Å²) in [6, 6.07) is 2.72. The molecule has 1 unspecified atom stereocenters. The molecule has 0 radical (unpaired) electrons. The van der Waals surface area contributed by atoms with E-state index in [1.54, 1.807) is 0 Å². The molecule has 5 rings (SSSR count). The number of piperidine rings is 1. The zero-order chi connectivity index (χ0) is 15.2. The lowest BCUT2D eigenvalue weighted by molar-refractivity contribution is -0.138. The van der Waals surface area contributed by atoms with Gasteiger partial charge in [0.15, 0.2) is 11.9 Å². The van der Waals surface area contributed by atoms with Crippen LogP contribution < -0.4 is 4.74 Å². The summed E-state index contributed by atoms with van der Waals surface area (Å²) in [5.74, 6) is 1.90.